The largest absolute Gasteiger partial charge is 0.478 e. The van der Waals surface area contributed by atoms with E-state index in [0.717, 1.165) is 0 Å². The summed E-state index contributed by atoms with van der Waals surface area (Å²) in [4.78, 5) is 46.4. The summed E-state index contributed by atoms with van der Waals surface area (Å²) in [5.74, 6) is -6.73. The van der Waals surface area contributed by atoms with Crippen LogP contribution in [0.4, 0.5) is 0 Å². The minimum atomic E-state index is -1.68. The monoisotopic (exact) mass is 260 g/mol. The van der Waals surface area contributed by atoms with E-state index in [1.165, 1.54) is 0 Å². The highest BCUT2D eigenvalue weighted by atomic mass is 16.4. The van der Waals surface area contributed by atoms with Crippen molar-refractivity contribution in [3.05, 3.63) is 34.3 Å². The molecule has 0 bridgehead atoms. The maximum atomic E-state index is 11.6. The quantitative estimate of drug-likeness (QED) is 0.610. The van der Waals surface area contributed by atoms with Crippen LogP contribution >= 0.6 is 0 Å². The third-order valence-corrected chi connectivity index (χ3v) is 1.82. The van der Waals surface area contributed by atoms with Crippen molar-refractivity contribution in [2.45, 2.75) is 0 Å². The lowest BCUT2D eigenvalue weighted by atomic mass is 9.98. The first-order valence-corrected chi connectivity index (χ1v) is 4.13. The molecule has 0 fully saturated rings. The van der Waals surface area contributed by atoms with Crippen molar-refractivity contribution in [3.8, 4) is 0 Å². The lowest BCUT2D eigenvalue weighted by molar-refractivity contribution is 0.0637. The summed E-state index contributed by atoms with van der Waals surface area (Å²) < 4.78 is 41.6. The topological polar surface area (TPSA) is 149 Å². The van der Waals surface area contributed by atoms with Gasteiger partial charge in [-0.15, -0.1) is 0 Å². The van der Waals surface area contributed by atoms with Crippen molar-refractivity contribution in [1.82, 2.24) is 0 Å². The lowest BCUT2D eigenvalue weighted by Gasteiger charge is -2.06. The highest BCUT2D eigenvalue weighted by Gasteiger charge is 2.24. The molecule has 1 aromatic carbocycles. The van der Waals surface area contributed by atoms with Crippen LogP contribution in [0.25, 0.3) is 5.72 Å². The molecule has 0 spiro atoms. The maximum Gasteiger partial charge on any atom is 0.336 e. The van der Waals surface area contributed by atoms with Crippen LogP contribution in [0.15, 0.2) is 12.1 Å². The van der Waals surface area contributed by atoms with E-state index in [9.17, 15) is 19.2 Å². The van der Waals surface area contributed by atoms with E-state index >= 15 is 0 Å². The van der Waals surface area contributed by atoms with Crippen LogP contribution in [0.5, 0.6) is 0 Å². The zero-order valence-electron chi connectivity index (χ0n) is 14.3. The van der Waals surface area contributed by atoms with Gasteiger partial charge in [-0.25, -0.2) is 19.2 Å². The van der Waals surface area contributed by atoms with E-state index in [-0.39, 0.29) is 0 Å². The van der Waals surface area contributed by atoms with Crippen molar-refractivity contribution in [3.63, 3.8) is 0 Å². The van der Waals surface area contributed by atoms with Crippen LogP contribution in [-0.4, -0.2) is 44.3 Å². The molecule has 18 heavy (non-hydrogen) atoms. The van der Waals surface area contributed by atoms with E-state index in [4.69, 9.17) is 8.47 Å². The molecular formula is C10H6O8. The number of rotatable bonds is 4. The van der Waals surface area contributed by atoms with Gasteiger partial charge in [-0.2, -0.15) is 0 Å². The molecule has 4 N–H and O–H groups in total. The van der Waals surface area contributed by atoms with E-state index in [1.807, 2.05) is 0 Å². The van der Waals surface area contributed by atoms with E-state index in [1.54, 1.807) is 0 Å². The predicted octanol–water partition coefficient (Wildman–Crippen LogP) is 0.479. The van der Waals surface area contributed by atoms with Crippen molar-refractivity contribution in [1.29, 1.82) is 5.72 Å². The summed E-state index contributed by atoms with van der Waals surface area (Å²) in [5.41, 5.74) is -4.58. The van der Waals surface area contributed by atoms with Crippen molar-refractivity contribution in [2.24, 2.45) is 0 Å². The summed E-state index contributed by atoms with van der Waals surface area (Å²) in [7, 11) is 0. The number of hydrogen-bond acceptors (Lipinski definition) is 8. The number of carbonyl (C=O) groups is 4. The van der Waals surface area contributed by atoms with Crippen LogP contribution in [0.3, 0.4) is 0 Å². The van der Waals surface area contributed by atoms with Crippen LogP contribution in [0, 0.1) is 0 Å². The highest BCUT2D eigenvalue weighted by Crippen LogP contribution is 2.18. The molecule has 0 unspecified atom stereocenters. The predicted molar refractivity (Wildman–Crippen MR) is 54.3 cm³/mol. The molecular weight excluding hydrogens is 248 g/mol. The van der Waals surface area contributed by atoms with Crippen LogP contribution in [-0.2, 0) is 0 Å². The van der Waals surface area contributed by atoms with Crippen molar-refractivity contribution >= 4 is 23.9 Å². The molecule has 0 radical (unpaired) electrons. The second-order valence-electron chi connectivity index (χ2n) is 2.90. The molecule has 0 saturated carbocycles. The third kappa shape index (κ3) is 2.26. The molecule has 0 amide bonds. The Morgan fingerprint density at radius 3 is 1.11 bits per heavy atom. The minimum absolute atomic E-state index is 1.14. The molecule has 0 aromatic heterocycles. The molecule has 0 aliphatic carbocycles. The Morgan fingerprint density at radius 1 is 0.722 bits per heavy atom. The summed E-state index contributed by atoms with van der Waals surface area (Å²) in [6.07, 6.45) is 0. The summed E-state index contributed by atoms with van der Waals surface area (Å²) in [6.45, 7) is 0. The Hall–Kier alpha value is -2.90. The zero-order chi connectivity index (χ0) is 18.6. The summed E-state index contributed by atoms with van der Waals surface area (Å²) >= 11 is 0. The first-order chi connectivity index (χ1) is 11.3. The molecule has 0 heterocycles. The number of benzene rings is 1. The third-order valence-electron chi connectivity index (χ3n) is 1.82. The molecule has 0 atom stereocenters. The standard InChI is InChI=1S/C10H6O8/c11-7(12)3-1-4(8(13)14)6(10(17)18)2-5(3)9(15)16/h1-2H,(H,11,12)(H,13,14)(H,15,16)(H,17,18)/i1D,2D/hD4. The van der Waals surface area contributed by atoms with Gasteiger partial charge in [0.2, 0.25) is 0 Å². The highest BCUT2D eigenvalue weighted by molar-refractivity contribution is 6.09. The van der Waals surface area contributed by atoms with E-state index in [0.29, 0.717) is 0 Å². The molecule has 94 valence electrons. The van der Waals surface area contributed by atoms with E-state index in [2.05, 4.69) is 20.4 Å². The normalized spacial score (nSPS) is 13.6. The maximum absolute atomic E-state index is 11.6. The van der Waals surface area contributed by atoms with Crippen molar-refractivity contribution in [2.75, 3.05) is 0 Å². The molecule has 8 heteroatoms. The molecule has 0 aliphatic heterocycles. The van der Waals surface area contributed by atoms with Crippen LogP contribution in [0.1, 0.15) is 44.2 Å². The number of aromatic carboxylic acids is 4. The number of carboxylic acids is 4. The van der Waals surface area contributed by atoms with Crippen molar-refractivity contribution < 1.29 is 42.4 Å². The van der Waals surface area contributed by atoms with Gasteiger partial charge in [0.1, 0.15) is 0 Å². The Kier molecular flexibility index (Phi) is 1.70. The zero-order valence-corrected chi connectivity index (χ0v) is 8.27. The Bertz CT molecular complexity index is 615. The van der Waals surface area contributed by atoms with Gasteiger partial charge in [0, 0.05) is 0 Å². The van der Waals surface area contributed by atoms with Crippen LogP contribution in [0.2, 0.25) is 0 Å². The summed E-state index contributed by atoms with van der Waals surface area (Å²) in [6, 6.07) is -2.44. The van der Waals surface area contributed by atoms with Gasteiger partial charge in [-0.05, 0) is 12.1 Å². The van der Waals surface area contributed by atoms with Gasteiger partial charge >= 0.3 is 23.9 Å². The minimum Gasteiger partial charge on any atom is -0.478 e. The van der Waals surface area contributed by atoms with Gasteiger partial charge < -0.3 is 20.4 Å². The van der Waals surface area contributed by atoms with Crippen LogP contribution < -0.4 is 0 Å². The fourth-order valence-corrected chi connectivity index (χ4v) is 1.11. The van der Waals surface area contributed by atoms with Gasteiger partial charge in [-0.3, -0.25) is 0 Å². The van der Waals surface area contributed by atoms with Gasteiger partial charge in [0.05, 0.1) is 25.0 Å². The Morgan fingerprint density at radius 2 is 0.944 bits per heavy atom. The molecule has 0 aliphatic rings. The summed E-state index contributed by atoms with van der Waals surface area (Å²) in [5, 5.41) is 14.4. The smallest absolute Gasteiger partial charge is 0.336 e. The molecule has 8 nitrogen and oxygen atoms in total. The molecule has 1 rings (SSSR count). The Balaban J connectivity index is 4.08. The fourth-order valence-electron chi connectivity index (χ4n) is 1.11. The lowest BCUT2D eigenvalue weighted by Crippen LogP contribution is -2.15. The fraction of sp³-hybridized carbons (Fsp3) is 0. The second-order valence-corrected chi connectivity index (χ2v) is 2.90. The molecule has 1 aromatic rings. The first-order valence-electron chi connectivity index (χ1n) is 6.77. The second kappa shape index (κ2) is 4.53. The Labute approximate surface area is 107 Å². The average Bonchev–Trinajstić information content (AvgIpc) is 2.59. The van der Waals surface area contributed by atoms with E-state index < -0.39 is 58.2 Å². The average molecular weight is 260 g/mol. The molecule has 0 saturated heterocycles. The van der Waals surface area contributed by atoms with Gasteiger partial charge in [-0.1, -0.05) is 0 Å². The first kappa shape index (κ1) is 6.74. The number of hydrogen-bond donors (Lipinski definition) is 4. The SMILES string of the molecule is [2H]OC(=O)c1c([2H])c(C(=O)O[2H])c(C(=O)O[2H])c([2H])c1C(=O)O[2H]. The van der Waals surface area contributed by atoms with Gasteiger partial charge in [0.25, 0.3) is 5.72 Å². The van der Waals surface area contributed by atoms with Gasteiger partial charge in [0.15, 0.2) is 0 Å². The number of carboxylic acid groups (broad SMARTS) is 4.